The van der Waals surface area contributed by atoms with Crippen molar-refractivity contribution in [3.8, 4) is 5.82 Å². The lowest BCUT2D eigenvalue weighted by atomic mass is 9.71. The fourth-order valence-electron chi connectivity index (χ4n) is 2.96. The topological polar surface area (TPSA) is 94.0 Å². The van der Waals surface area contributed by atoms with E-state index < -0.39 is 11.4 Å². The van der Waals surface area contributed by atoms with Gasteiger partial charge in [0.2, 0.25) is 0 Å². The molecule has 3 atom stereocenters. The average Bonchev–Trinajstić information content (AvgIpc) is 3.09. The number of hydrogen-bond acceptors (Lipinski definition) is 4. The minimum Gasteiger partial charge on any atom is -0.481 e. The van der Waals surface area contributed by atoms with E-state index in [1.165, 1.54) is 0 Å². The van der Waals surface area contributed by atoms with E-state index in [0.717, 1.165) is 12.8 Å². The summed E-state index contributed by atoms with van der Waals surface area (Å²) >= 11 is 0. The summed E-state index contributed by atoms with van der Waals surface area (Å²) in [5, 5.41) is 9.90. The first-order valence-corrected chi connectivity index (χ1v) is 8.32. The first kappa shape index (κ1) is 18.1. The maximum Gasteiger partial charge on any atom is 0.315 e. The third kappa shape index (κ3) is 3.48. The predicted octanol–water partition coefficient (Wildman–Crippen LogP) is 2.62. The van der Waals surface area contributed by atoms with Gasteiger partial charge in [0.05, 0.1) is 5.69 Å². The Bertz CT molecular complexity index is 667. The number of rotatable bonds is 8. The summed E-state index contributed by atoms with van der Waals surface area (Å²) in [5.74, 6) is 0.0744. The molecular formula is C18H26N4O2. The average molecular weight is 330 g/mol. The van der Waals surface area contributed by atoms with E-state index in [4.69, 9.17) is 5.73 Å². The van der Waals surface area contributed by atoms with Crippen LogP contribution in [0.15, 0.2) is 36.9 Å². The lowest BCUT2D eigenvalue weighted by Crippen LogP contribution is -2.40. The van der Waals surface area contributed by atoms with Gasteiger partial charge < -0.3 is 10.8 Å². The van der Waals surface area contributed by atoms with E-state index in [1.807, 2.05) is 25.1 Å². The van der Waals surface area contributed by atoms with Gasteiger partial charge in [-0.2, -0.15) is 0 Å². The summed E-state index contributed by atoms with van der Waals surface area (Å²) < 4.78 is 1.75. The summed E-state index contributed by atoms with van der Waals surface area (Å²) in [5.41, 5.74) is 5.27. The molecule has 24 heavy (non-hydrogen) atoms. The second-order valence-electron chi connectivity index (χ2n) is 6.51. The highest BCUT2D eigenvalue weighted by Crippen LogP contribution is 2.36. The normalized spacial score (nSPS) is 16.3. The van der Waals surface area contributed by atoms with Crippen molar-refractivity contribution in [2.24, 2.45) is 17.6 Å². The van der Waals surface area contributed by atoms with Crippen molar-refractivity contribution in [1.82, 2.24) is 14.5 Å². The molecule has 0 aromatic carbocycles. The van der Waals surface area contributed by atoms with Crippen LogP contribution in [0.2, 0.25) is 0 Å². The zero-order chi connectivity index (χ0) is 17.7. The fraction of sp³-hybridized carbons (Fsp3) is 0.500. The summed E-state index contributed by atoms with van der Waals surface area (Å²) in [6.07, 6.45) is 6.77. The number of aromatic nitrogens is 3. The van der Waals surface area contributed by atoms with Gasteiger partial charge in [-0.25, -0.2) is 9.97 Å². The van der Waals surface area contributed by atoms with Crippen LogP contribution in [0.5, 0.6) is 0 Å². The molecular weight excluding hydrogens is 304 g/mol. The third-order valence-electron chi connectivity index (χ3n) is 5.06. The summed E-state index contributed by atoms with van der Waals surface area (Å²) in [6, 6.07) is 5.57. The Morgan fingerprint density at radius 3 is 2.71 bits per heavy atom. The van der Waals surface area contributed by atoms with Gasteiger partial charge in [0.15, 0.2) is 0 Å². The number of nitrogens with zero attached hydrogens (tertiary/aromatic N) is 3. The summed E-state index contributed by atoms with van der Waals surface area (Å²) in [6.45, 7) is 6.36. The molecule has 0 aliphatic rings. The summed E-state index contributed by atoms with van der Waals surface area (Å²) in [4.78, 5) is 20.7. The van der Waals surface area contributed by atoms with Gasteiger partial charge in [0.1, 0.15) is 17.6 Å². The molecule has 2 heterocycles. The molecule has 0 spiro atoms. The highest BCUT2D eigenvalue weighted by atomic mass is 16.4. The fourth-order valence-corrected chi connectivity index (χ4v) is 2.96. The van der Waals surface area contributed by atoms with Crippen LogP contribution in [0, 0.1) is 11.8 Å². The minimum atomic E-state index is -1.07. The van der Waals surface area contributed by atoms with Crippen LogP contribution >= 0.6 is 0 Å². The Hall–Kier alpha value is -2.21. The van der Waals surface area contributed by atoms with Crippen molar-refractivity contribution in [2.75, 3.05) is 6.54 Å². The van der Waals surface area contributed by atoms with Crippen LogP contribution in [0.3, 0.4) is 0 Å². The molecule has 0 unspecified atom stereocenters. The highest BCUT2D eigenvalue weighted by molar-refractivity contribution is 5.80. The van der Waals surface area contributed by atoms with Gasteiger partial charge in [-0.3, -0.25) is 9.36 Å². The van der Waals surface area contributed by atoms with Crippen molar-refractivity contribution in [2.45, 2.75) is 39.0 Å². The lowest BCUT2D eigenvalue weighted by molar-refractivity contribution is -0.145. The van der Waals surface area contributed by atoms with Gasteiger partial charge in [-0.05, 0) is 43.9 Å². The second kappa shape index (κ2) is 7.57. The minimum absolute atomic E-state index is 0.0874. The van der Waals surface area contributed by atoms with Gasteiger partial charge in [-0.1, -0.05) is 26.3 Å². The van der Waals surface area contributed by atoms with Crippen LogP contribution in [-0.4, -0.2) is 32.2 Å². The van der Waals surface area contributed by atoms with E-state index in [1.54, 1.807) is 30.2 Å². The number of hydrogen-bond donors (Lipinski definition) is 2. The van der Waals surface area contributed by atoms with Crippen LogP contribution < -0.4 is 5.73 Å². The number of pyridine rings is 1. The Balaban J connectivity index is 2.33. The number of carboxylic acids is 1. The molecule has 0 saturated heterocycles. The van der Waals surface area contributed by atoms with Crippen molar-refractivity contribution >= 4 is 5.97 Å². The van der Waals surface area contributed by atoms with Gasteiger partial charge in [-0.15, -0.1) is 0 Å². The smallest absolute Gasteiger partial charge is 0.315 e. The molecule has 0 radical (unpaired) electrons. The third-order valence-corrected chi connectivity index (χ3v) is 5.06. The summed E-state index contributed by atoms with van der Waals surface area (Å²) in [7, 11) is 0. The molecule has 0 aliphatic heterocycles. The lowest BCUT2D eigenvalue weighted by Gasteiger charge is -2.32. The zero-order valence-electron chi connectivity index (χ0n) is 14.5. The van der Waals surface area contributed by atoms with E-state index in [-0.39, 0.29) is 5.92 Å². The number of nitrogens with two attached hydrogens (primary N) is 1. The van der Waals surface area contributed by atoms with Gasteiger partial charge in [0, 0.05) is 12.4 Å². The molecule has 6 nitrogen and oxygen atoms in total. The van der Waals surface area contributed by atoms with Crippen LogP contribution in [0.4, 0.5) is 0 Å². The predicted molar refractivity (Wildman–Crippen MR) is 93.0 cm³/mol. The van der Waals surface area contributed by atoms with E-state index in [2.05, 4.69) is 16.9 Å². The molecule has 2 rings (SSSR count). The van der Waals surface area contributed by atoms with E-state index in [0.29, 0.717) is 24.0 Å². The first-order chi connectivity index (χ1) is 11.4. The standard InChI is InChI=1S/C18H26N4O2/c1-4-14(10-19)9-13(2)18(3,17(23)24)15-11-22(12-21-15)16-7-5-6-8-20-16/h5-8,11-14H,4,9-10,19H2,1-3H3,(H,23,24)/t13-,14+,18-/m0/s1. The Labute approximate surface area is 142 Å². The van der Waals surface area contributed by atoms with Crippen LogP contribution in [0.1, 0.15) is 39.3 Å². The Kier molecular flexibility index (Phi) is 5.72. The van der Waals surface area contributed by atoms with E-state index >= 15 is 0 Å². The van der Waals surface area contributed by atoms with Crippen molar-refractivity contribution in [3.05, 3.63) is 42.6 Å². The molecule has 0 saturated carbocycles. The number of aliphatic carboxylic acids is 1. The van der Waals surface area contributed by atoms with Crippen LogP contribution in [0.25, 0.3) is 5.82 Å². The van der Waals surface area contributed by atoms with Crippen molar-refractivity contribution in [3.63, 3.8) is 0 Å². The molecule has 0 aliphatic carbocycles. The van der Waals surface area contributed by atoms with Gasteiger partial charge in [0.25, 0.3) is 0 Å². The monoisotopic (exact) mass is 330 g/mol. The number of imidazole rings is 1. The maximum absolute atomic E-state index is 12.1. The van der Waals surface area contributed by atoms with E-state index in [9.17, 15) is 9.90 Å². The first-order valence-electron chi connectivity index (χ1n) is 8.32. The molecule has 0 bridgehead atoms. The highest BCUT2D eigenvalue weighted by Gasteiger charge is 2.43. The molecule has 2 aromatic heterocycles. The molecule has 6 heteroatoms. The number of carbonyl (C=O) groups is 1. The quantitative estimate of drug-likeness (QED) is 0.776. The molecule has 130 valence electrons. The molecule has 0 fully saturated rings. The largest absolute Gasteiger partial charge is 0.481 e. The maximum atomic E-state index is 12.1. The molecule has 2 aromatic rings. The SMILES string of the molecule is CC[C@@H](CN)C[C@H](C)[C@](C)(C(=O)O)c1cn(-c2ccccn2)cn1. The van der Waals surface area contributed by atoms with Crippen molar-refractivity contribution in [1.29, 1.82) is 0 Å². The zero-order valence-corrected chi connectivity index (χ0v) is 14.5. The molecule has 3 N–H and O–H groups in total. The number of carboxylic acid groups (broad SMARTS) is 1. The van der Waals surface area contributed by atoms with Gasteiger partial charge >= 0.3 is 5.97 Å². The molecule has 0 amide bonds. The Morgan fingerprint density at radius 2 is 2.17 bits per heavy atom. The Morgan fingerprint density at radius 1 is 1.42 bits per heavy atom. The van der Waals surface area contributed by atoms with Crippen molar-refractivity contribution < 1.29 is 9.90 Å². The second-order valence-corrected chi connectivity index (χ2v) is 6.51. The van der Waals surface area contributed by atoms with Crippen LogP contribution in [-0.2, 0) is 10.2 Å².